The number of esters is 1. The monoisotopic (exact) mass is 388 g/mol. The van der Waals surface area contributed by atoms with Gasteiger partial charge in [-0.05, 0) is 39.5 Å². The minimum atomic E-state index is -1.01. The molecular weight excluding hydrogens is 360 g/mol. The van der Waals surface area contributed by atoms with Crippen molar-refractivity contribution in [3.63, 3.8) is 0 Å². The average molecular weight is 388 g/mol. The van der Waals surface area contributed by atoms with Crippen LogP contribution in [-0.4, -0.2) is 56.7 Å². The molecule has 0 radical (unpaired) electrons. The molecule has 2 fully saturated rings. The van der Waals surface area contributed by atoms with E-state index in [1.807, 2.05) is 6.92 Å². The van der Waals surface area contributed by atoms with Crippen molar-refractivity contribution < 1.29 is 19.1 Å². The first-order valence-corrected chi connectivity index (χ1v) is 10.3. The predicted molar refractivity (Wildman–Crippen MR) is 101 cm³/mol. The van der Waals surface area contributed by atoms with Crippen LogP contribution < -0.4 is 5.32 Å². The van der Waals surface area contributed by atoms with E-state index in [1.165, 1.54) is 17.2 Å². The van der Waals surface area contributed by atoms with Gasteiger partial charge in [-0.3, -0.25) is 14.3 Å². The van der Waals surface area contributed by atoms with E-state index >= 15 is 0 Å². The third-order valence-electron chi connectivity index (χ3n) is 6.03. The fraction of sp³-hybridized carbons (Fsp3) is 0.700. The molecule has 0 saturated heterocycles. The van der Waals surface area contributed by atoms with Gasteiger partial charge in [-0.25, -0.2) is 4.79 Å². The summed E-state index contributed by atoms with van der Waals surface area (Å²) in [5.41, 5.74) is -0.559. The third-order valence-corrected chi connectivity index (χ3v) is 6.03. The van der Waals surface area contributed by atoms with Crippen molar-refractivity contribution in [1.82, 2.24) is 20.0 Å². The lowest BCUT2D eigenvalue weighted by atomic mass is 9.91. The Morgan fingerprint density at radius 2 is 1.96 bits per heavy atom. The molecule has 0 bridgehead atoms. The molecule has 8 nitrogen and oxygen atoms in total. The van der Waals surface area contributed by atoms with Gasteiger partial charge in [0.25, 0.3) is 5.91 Å². The second kappa shape index (κ2) is 7.22. The minimum Gasteiger partial charge on any atom is -0.461 e. The number of nitrogens with zero attached hydrogens (tertiary/aromatic N) is 3. The molecule has 2 saturated carbocycles. The van der Waals surface area contributed by atoms with Crippen LogP contribution in [0.1, 0.15) is 79.8 Å². The van der Waals surface area contributed by atoms with E-state index in [0.717, 1.165) is 38.5 Å². The Bertz CT molecular complexity index is 794. The van der Waals surface area contributed by atoms with Gasteiger partial charge in [0.1, 0.15) is 11.2 Å². The lowest BCUT2D eigenvalue weighted by molar-refractivity contribution is -0.134. The van der Waals surface area contributed by atoms with E-state index in [-0.39, 0.29) is 42.7 Å². The van der Waals surface area contributed by atoms with Crippen LogP contribution >= 0.6 is 0 Å². The zero-order chi connectivity index (χ0) is 19.9. The molecule has 1 aromatic heterocycles. The molecule has 8 heteroatoms. The number of nitrogens with one attached hydrogen (secondary N) is 1. The number of hydrogen-bond donors (Lipinski definition) is 1. The molecule has 1 unspecified atom stereocenters. The van der Waals surface area contributed by atoms with E-state index in [0.29, 0.717) is 5.69 Å². The SMILES string of the molecule is CCOC(=O)c1cc2n(n1)CC(C)(C(=O)NC1CCCCC1)N(C1CC1)C2=O. The normalized spacial score (nSPS) is 25.4. The first kappa shape index (κ1) is 19.0. The van der Waals surface area contributed by atoms with Gasteiger partial charge in [0.2, 0.25) is 5.91 Å². The molecule has 1 aromatic rings. The summed E-state index contributed by atoms with van der Waals surface area (Å²) in [5, 5.41) is 7.45. The molecule has 2 aliphatic carbocycles. The van der Waals surface area contributed by atoms with E-state index in [1.54, 1.807) is 11.8 Å². The number of fused-ring (bicyclic) bond motifs is 1. The van der Waals surface area contributed by atoms with Gasteiger partial charge in [-0.15, -0.1) is 0 Å². The van der Waals surface area contributed by atoms with E-state index in [9.17, 15) is 14.4 Å². The maximum absolute atomic E-state index is 13.3. The Labute approximate surface area is 164 Å². The number of amides is 2. The molecule has 1 aliphatic heterocycles. The molecule has 4 rings (SSSR count). The standard InChI is InChI=1S/C20H28N4O4/c1-3-28-18(26)15-11-16-17(25)24(14-9-10-14)20(2,12-23(16)22-15)19(27)21-13-7-5-4-6-8-13/h11,13-14H,3-10,12H2,1-2H3,(H,21,27). The van der Waals surface area contributed by atoms with Crippen molar-refractivity contribution in [1.29, 1.82) is 0 Å². The Hall–Kier alpha value is -2.38. The zero-order valence-corrected chi connectivity index (χ0v) is 16.6. The molecule has 28 heavy (non-hydrogen) atoms. The highest BCUT2D eigenvalue weighted by Gasteiger charge is 2.53. The van der Waals surface area contributed by atoms with Crippen molar-refractivity contribution in [3.05, 3.63) is 17.5 Å². The van der Waals surface area contributed by atoms with Gasteiger partial charge < -0.3 is 15.0 Å². The van der Waals surface area contributed by atoms with Crippen molar-refractivity contribution >= 4 is 17.8 Å². The van der Waals surface area contributed by atoms with Gasteiger partial charge in [0.05, 0.1) is 13.2 Å². The van der Waals surface area contributed by atoms with Gasteiger partial charge in [-0.1, -0.05) is 19.3 Å². The summed E-state index contributed by atoms with van der Waals surface area (Å²) in [7, 11) is 0. The van der Waals surface area contributed by atoms with Gasteiger partial charge in [0.15, 0.2) is 5.69 Å². The molecular formula is C20H28N4O4. The highest BCUT2D eigenvalue weighted by Crippen LogP contribution is 2.38. The lowest BCUT2D eigenvalue weighted by Crippen LogP contribution is -2.65. The summed E-state index contributed by atoms with van der Waals surface area (Å²) in [6.45, 7) is 4.02. The van der Waals surface area contributed by atoms with Crippen molar-refractivity contribution in [2.24, 2.45) is 0 Å². The second-order valence-corrected chi connectivity index (χ2v) is 8.28. The zero-order valence-electron chi connectivity index (χ0n) is 16.6. The second-order valence-electron chi connectivity index (χ2n) is 8.28. The summed E-state index contributed by atoms with van der Waals surface area (Å²) in [4.78, 5) is 40.3. The van der Waals surface area contributed by atoms with Crippen LogP contribution in [0.25, 0.3) is 0 Å². The molecule has 1 N–H and O–H groups in total. The van der Waals surface area contributed by atoms with Crippen LogP contribution in [0, 0.1) is 0 Å². The summed E-state index contributed by atoms with van der Waals surface area (Å²) in [6, 6.07) is 1.72. The van der Waals surface area contributed by atoms with Crippen molar-refractivity contribution in [2.45, 2.75) is 83.0 Å². The van der Waals surface area contributed by atoms with Gasteiger partial charge >= 0.3 is 5.97 Å². The number of ether oxygens (including phenoxy) is 1. The van der Waals surface area contributed by atoms with Crippen LogP contribution in [0.5, 0.6) is 0 Å². The molecule has 152 valence electrons. The lowest BCUT2D eigenvalue weighted by Gasteiger charge is -2.44. The number of hydrogen-bond acceptors (Lipinski definition) is 5. The van der Waals surface area contributed by atoms with Crippen molar-refractivity contribution in [2.75, 3.05) is 6.61 Å². The van der Waals surface area contributed by atoms with Crippen LogP contribution in [0.15, 0.2) is 6.07 Å². The Morgan fingerprint density at radius 3 is 2.61 bits per heavy atom. The number of carbonyl (C=O) groups excluding carboxylic acids is 3. The summed E-state index contributed by atoms with van der Waals surface area (Å²) >= 11 is 0. The van der Waals surface area contributed by atoms with E-state index < -0.39 is 11.5 Å². The first-order valence-electron chi connectivity index (χ1n) is 10.3. The molecule has 0 spiro atoms. The van der Waals surface area contributed by atoms with Gasteiger partial charge in [0, 0.05) is 18.2 Å². The van der Waals surface area contributed by atoms with E-state index in [2.05, 4.69) is 10.4 Å². The van der Waals surface area contributed by atoms with Crippen LogP contribution in [0.2, 0.25) is 0 Å². The third kappa shape index (κ3) is 3.29. The molecule has 2 heterocycles. The maximum atomic E-state index is 13.3. The fourth-order valence-electron chi connectivity index (χ4n) is 4.40. The highest BCUT2D eigenvalue weighted by molar-refractivity contribution is 6.01. The van der Waals surface area contributed by atoms with Crippen LogP contribution in [0.3, 0.4) is 0 Å². The fourth-order valence-corrected chi connectivity index (χ4v) is 4.40. The number of aromatic nitrogens is 2. The largest absolute Gasteiger partial charge is 0.461 e. The van der Waals surface area contributed by atoms with Crippen LogP contribution in [-0.2, 0) is 16.1 Å². The molecule has 0 aromatic carbocycles. The van der Waals surface area contributed by atoms with Crippen LogP contribution in [0.4, 0.5) is 0 Å². The maximum Gasteiger partial charge on any atom is 0.358 e. The summed E-state index contributed by atoms with van der Waals surface area (Å²) in [5.74, 6) is -0.917. The smallest absolute Gasteiger partial charge is 0.358 e. The predicted octanol–water partition coefficient (Wildman–Crippen LogP) is 1.89. The first-order chi connectivity index (χ1) is 13.4. The minimum absolute atomic E-state index is 0.0734. The van der Waals surface area contributed by atoms with E-state index in [4.69, 9.17) is 4.74 Å². The number of carbonyl (C=O) groups is 3. The molecule has 2 amide bonds. The van der Waals surface area contributed by atoms with Crippen molar-refractivity contribution in [3.8, 4) is 0 Å². The quantitative estimate of drug-likeness (QED) is 0.778. The summed E-state index contributed by atoms with van der Waals surface area (Å²) < 4.78 is 6.50. The number of rotatable bonds is 5. The molecule has 1 atom stereocenters. The highest BCUT2D eigenvalue weighted by atomic mass is 16.5. The Balaban J connectivity index is 1.62. The average Bonchev–Trinajstić information content (AvgIpc) is 3.40. The summed E-state index contributed by atoms with van der Waals surface area (Å²) in [6.07, 6.45) is 7.23. The Morgan fingerprint density at radius 1 is 1.25 bits per heavy atom. The topological polar surface area (TPSA) is 93.5 Å². The molecule has 3 aliphatic rings. The van der Waals surface area contributed by atoms with Gasteiger partial charge in [-0.2, -0.15) is 5.10 Å². The Kier molecular flexibility index (Phi) is 4.89.